The second kappa shape index (κ2) is 7.91. The van der Waals surface area contributed by atoms with Crippen molar-refractivity contribution >= 4 is 18.3 Å². The molecule has 0 aliphatic carbocycles. The quantitative estimate of drug-likeness (QED) is 0.724. The molecule has 0 fully saturated rings. The summed E-state index contributed by atoms with van der Waals surface area (Å²) in [5.41, 5.74) is 7.54. The first kappa shape index (κ1) is 17.6. The normalized spacial score (nSPS) is 11.6. The molecule has 1 atom stereocenters. The molecule has 4 N–H and O–H groups in total. The molecule has 1 heterocycles. The van der Waals surface area contributed by atoms with Crippen molar-refractivity contribution in [2.24, 2.45) is 5.73 Å². The highest BCUT2D eigenvalue weighted by Crippen LogP contribution is 2.09. The van der Waals surface area contributed by atoms with Gasteiger partial charge >= 0.3 is 0 Å². The number of aromatic nitrogens is 2. The van der Waals surface area contributed by atoms with Crippen LogP contribution >= 0.6 is 12.4 Å². The van der Waals surface area contributed by atoms with Crippen molar-refractivity contribution in [3.05, 3.63) is 27.2 Å². The summed E-state index contributed by atoms with van der Waals surface area (Å²) < 4.78 is 0. The number of aryl methyl sites for hydroxylation is 1. The minimum atomic E-state index is -0.582. The number of hydrogen-bond acceptors (Lipinski definition) is 4. The lowest BCUT2D eigenvalue weighted by Gasteiger charge is -2.12. The predicted molar refractivity (Wildman–Crippen MR) is 76.4 cm³/mol. The van der Waals surface area contributed by atoms with E-state index in [9.17, 15) is 9.59 Å². The van der Waals surface area contributed by atoms with Crippen LogP contribution in [-0.2, 0) is 24.2 Å². The van der Waals surface area contributed by atoms with Crippen molar-refractivity contribution < 1.29 is 4.79 Å². The number of carbonyl (C=O) groups excluding carboxylic acids is 1. The van der Waals surface area contributed by atoms with Gasteiger partial charge in [0.05, 0.1) is 11.7 Å². The van der Waals surface area contributed by atoms with Gasteiger partial charge in [-0.3, -0.25) is 9.59 Å². The molecular weight excluding hydrogens is 268 g/mol. The molecule has 7 heteroatoms. The Morgan fingerprint density at radius 3 is 2.47 bits per heavy atom. The number of nitrogens with two attached hydrogens (primary N) is 1. The van der Waals surface area contributed by atoms with Crippen LogP contribution in [0.2, 0.25) is 0 Å². The van der Waals surface area contributed by atoms with E-state index in [0.29, 0.717) is 12.0 Å². The van der Waals surface area contributed by atoms with Crippen LogP contribution in [-0.4, -0.2) is 22.1 Å². The van der Waals surface area contributed by atoms with Gasteiger partial charge in [-0.15, -0.1) is 12.4 Å². The molecule has 0 spiro atoms. The Morgan fingerprint density at radius 1 is 1.37 bits per heavy atom. The van der Waals surface area contributed by atoms with Crippen molar-refractivity contribution in [2.75, 3.05) is 0 Å². The molecule has 1 aromatic rings. The molecule has 0 saturated heterocycles. The van der Waals surface area contributed by atoms with Crippen molar-refractivity contribution in [1.82, 2.24) is 15.5 Å². The third-order valence-electron chi connectivity index (χ3n) is 2.82. The van der Waals surface area contributed by atoms with Crippen LogP contribution in [0, 0.1) is 0 Å². The minimum Gasteiger partial charge on any atom is -0.350 e. The van der Waals surface area contributed by atoms with Crippen LogP contribution < -0.4 is 16.6 Å². The Kier molecular flexibility index (Phi) is 7.33. The molecule has 0 bridgehead atoms. The summed E-state index contributed by atoms with van der Waals surface area (Å²) in [5, 5.41) is 9.13. The van der Waals surface area contributed by atoms with Gasteiger partial charge in [0.15, 0.2) is 0 Å². The fraction of sp³-hybridized carbons (Fsp3) is 0.583. The minimum absolute atomic E-state index is 0. The van der Waals surface area contributed by atoms with Gasteiger partial charge in [0, 0.05) is 12.1 Å². The first-order valence-corrected chi connectivity index (χ1v) is 6.13. The van der Waals surface area contributed by atoms with E-state index in [2.05, 4.69) is 15.5 Å². The van der Waals surface area contributed by atoms with Crippen molar-refractivity contribution in [3.63, 3.8) is 0 Å². The van der Waals surface area contributed by atoms with Gasteiger partial charge in [-0.2, -0.15) is 5.10 Å². The second-order valence-electron chi connectivity index (χ2n) is 4.17. The Morgan fingerprint density at radius 2 is 2.00 bits per heavy atom. The molecule has 6 nitrogen and oxygen atoms in total. The summed E-state index contributed by atoms with van der Waals surface area (Å²) in [7, 11) is 0. The predicted octanol–water partition coefficient (Wildman–Crippen LogP) is 0.280. The summed E-state index contributed by atoms with van der Waals surface area (Å²) >= 11 is 0. The summed E-state index contributed by atoms with van der Waals surface area (Å²) in [6.07, 6.45) is 1.46. The first-order valence-electron chi connectivity index (χ1n) is 6.13. The van der Waals surface area contributed by atoms with Crippen LogP contribution in [0.15, 0.2) is 4.79 Å². The van der Waals surface area contributed by atoms with Crippen molar-refractivity contribution in [2.45, 2.75) is 46.2 Å². The molecule has 0 aromatic carbocycles. The van der Waals surface area contributed by atoms with Crippen LogP contribution in [0.1, 0.15) is 37.6 Å². The largest absolute Gasteiger partial charge is 0.350 e. The lowest BCUT2D eigenvalue weighted by Crippen LogP contribution is -2.39. The Hall–Kier alpha value is -1.40. The maximum absolute atomic E-state index is 11.7. The fourth-order valence-corrected chi connectivity index (χ4v) is 1.80. The lowest BCUT2D eigenvalue weighted by atomic mass is 10.0. The number of halogens is 1. The second-order valence-corrected chi connectivity index (χ2v) is 4.17. The highest BCUT2D eigenvalue weighted by Gasteiger charge is 2.13. The highest BCUT2D eigenvalue weighted by molar-refractivity contribution is 5.85. The Labute approximate surface area is 118 Å². The summed E-state index contributed by atoms with van der Waals surface area (Å²) in [4.78, 5) is 23.2. The Balaban J connectivity index is 0.00000324. The van der Waals surface area contributed by atoms with Crippen molar-refractivity contribution in [1.29, 1.82) is 0 Å². The molecular formula is C12H21ClN4O2. The SMILES string of the molecule is CCc1n[nH]c(=O)c(CNC(=O)[C@@H](C)N)c1CC.Cl. The van der Waals surface area contributed by atoms with Gasteiger partial charge in [0.25, 0.3) is 5.56 Å². The number of H-pyrrole nitrogens is 1. The van der Waals surface area contributed by atoms with Gasteiger partial charge in [-0.05, 0) is 25.3 Å². The number of nitrogens with one attached hydrogen (secondary N) is 2. The third kappa shape index (κ3) is 4.33. The van der Waals surface area contributed by atoms with Crippen LogP contribution in [0.25, 0.3) is 0 Å². The zero-order chi connectivity index (χ0) is 13.7. The van der Waals surface area contributed by atoms with Crippen molar-refractivity contribution in [3.8, 4) is 0 Å². The summed E-state index contributed by atoms with van der Waals surface area (Å²) in [6.45, 7) is 5.73. The monoisotopic (exact) mass is 288 g/mol. The smallest absolute Gasteiger partial charge is 0.269 e. The molecule has 1 amide bonds. The molecule has 0 radical (unpaired) electrons. The number of hydrogen-bond donors (Lipinski definition) is 3. The molecule has 0 saturated carbocycles. The van der Waals surface area contributed by atoms with Gasteiger partial charge in [0.1, 0.15) is 0 Å². The van der Waals surface area contributed by atoms with E-state index < -0.39 is 6.04 Å². The van der Waals surface area contributed by atoms with Crippen LogP contribution in [0.3, 0.4) is 0 Å². The van der Waals surface area contributed by atoms with Crippen LogP contribution in [0.5, 0.6) is 0 Å². The third-order valence-corrected chi connectivity index (χ3v) is 2.82. The van der Waals surface area contributed by atoms with Gasteiger partial charge < -0.3 is 11.1 Å². The molecule has 108 valence electrons. The first-order chi connectivity index (χ1) is 8.51. The van der Waals surface area contributed by atoms with Gasteiger partial charge in [-0.1, -0.05) is 13.8 Å². The van der Waals surface area contributed by atoms with Gasteiger partial charge in [0.2, 0.25) is 5.91 Å². The summed E-state index contributed by atoms with van der Waals surface area (Å²) in [6, 6.07) is -0.582. The van der Waals surface area contributed by atoms with Crippen LogP contribution in [0.4, 0.5) is 0 Å². The van der Waals surface area contributed by atoms with Gasteiger partial charge in [-0.25, -0.2) is 5.10 Å². The molecule has 1 rings (SSSR count). The average Bonchev–Trinajstić information content (AvgIpc) is 2.36. The van der Waals surface area contributed by atoms with E-state index in [-0.39, 0.29) is 30.4 Å². The zero-order valence-electron chi connectivity index (χ0n) is 11.4. The molecule has 19 heavy (non-hydrogen) atoms. The topological polar surface area (TPSA) is 101 Å². The van der Waals surface area contributed by atoms with E-state index in [1.54, 1.807) is 6.92 Å². The zero-order valence-corrected chi connectivity index (χ0v) is 12.3. The Bertz CT molecular complexity index is 485. The van der Waals surface area contributed by atoms with E-state index >= 15 is 0 Å². The molecule has 0 aliphatic heterocycles. The number of aromatic amines is 1. The standard InChI is InChI=1S/C12H20N4O2.ClH/c1-4-8-9(6-14-11(17)7(3)13)12(18)16-15-10(8)5-2;/h7H,4-6,13H2,1-3H3,(H,14,17)(H,16,18);1H/t7-;/m1./s1. The molecule has 1 aromatic heterocycles. The maximum Gasteiger partial charge on any atom is 0.269 e. The number of rotatable bonds is 5. The number of nitrogens with zero attached hydrogens (tertiary/aromatic N) is 1. The summed E-state index contributed by atoms with van der Waals surface area (Å²) in [5.74, 6) is -0.272. The van der Waals surface area contributed by atoms with E-state index in [0.717, 1.165) is 17.7 Å². The highest BCUT2D eigenvalue weighted by atomic mass is 35.5. The maximum atomic E-state index is 11.7. The molecule has 0 unspecified atom stereocenters. The average molecular weight is 289 g/mol. The van der Waals surface area contributed by atoms with E-state index in [4.69, 9.17) is 5.73 Å². The number of amides is 1. The van der Waals surface area contributed by atoms with E-state index in [1.807, 2.05) is 13.8 Å². The fourth-order valence-electron chi connectivity index (χ4n) is 1.80. The van der Waals surface area contributed by atoms with E-state index in [1.165, 1.54) is 0 Å². The molecule has 0 aliphatic rings. The lowest BCUT2D eigenvalue weighted by molar-refractivity contribution is -0.122. The number of carbonyl (C=O) groups is 1.